The molecule has 94 valence electrons. The standard InChI is InChI=1S/C12H11ClIN3O/c1-5-8(6(2)18-17-5)12-15-10(7-3-4-7)9(14)11(13)16-12/h7H,3-4H2,1-2H3. The number of aryl methyl sites for hydroxylation is 2. The Bertz CT molecular complexity index is 603. The van der Waals surface area contributed by atoms with Gasteiger partial charge < -0.3 is 4.52 Å². The number of rotatable bonds is 2. The molecule has 18 heavy (non-hydrogen) atoms. The summed E-state index contributed by atoms with van der Waals surface area (Å²) in [4.78, 5) is 9.01. The van der Waals surface area contributed by atoms with Crippen molar-refractivity contribution in [1.29, 1.82) is 0 Å². The van der Waals surface area contributed by atoms with E-state index in [9.17, 15) is 0 Å². The minimum atomic E-state index is 0.516. The SMILES string of the molecule is Cc1noc(C)c1-c1nc(Cl)c(I)c(C2CC2)n1. The Hall–Kier alpha value is -0.690. The monoisotopic (exact) mass is 375 g/mol. The van der Waals surface area contributed by atoms with Crippen LogP contribution in [-0.4, -0.2) is 15.1 Å². The maximum absolute atomic E-state index is 6.20. The first-order valence-electron chi connectivity index (χ1n) is 5.74. The number of nitrogens with zero attached hydrogens (tertiary/aromatic N) is 3. The smallest absolute Gasteiger partial charge is 0.166 e. The number of hydrogen-bond acceptors (Lipinski definition) is 4. The zero-order valence-corrected chi connectivity index (χ0v) is 12.9. The Morgan fingerprint density at radius 3 is 2.56 bits per heavy atom. The summed E-state index contributed by atoms with van der Waals surface area (Å²) in [6.07, 6.45) is 2.37. The maximum Gasteiger partial charge on any atom is 0.166 e. The lowest BCUT2D eigenvalue weighted by Crippen LogP contribution is -2.00. The minimum absolute atomic E-state index is 0.516. The lowest BCUT2D eigenvalue weighted by molar-refractivity contribution is 0.393. The molecule has 1 aliphatic carbocycles. The van der Waals surface area contributed by atoms with Gasteiger partial charge in [-0.2, -0.15) is 0 Å². The van der Waals surface area contributed by atoms with Gasteiger partial charge >= 0.3 is 0 Å². The average Bonchev–Trinajstić information content (AvgIpc) is 3.10. The number of aromatic nitrogens is 3. The van der Waals surface area contributed by atoms with Crippen molar-refractivity contribution in [3.8, 4) is 11.4 Å². The van der Waals surface area contributed by atoms with Crippen molar-refractivity contribution >= 4 is 34.2 Å². The molecule has 1 fully saturated rings. The molecule has 2 aromatic rings. The van der Waals surface area contributed by atoms with Crippen LogP contribution < -0.4 is 0 Å². The summed E-state index contributed by atoms with van der Waals surface area (Å²) in [6, 6.07) is 0. The Morgan fingerprint density at radius 2 is 2.00 bits per heavy atom. The molecule has 3 rings (SSSR count). The average molecular weight is 376 g/mol. The summed E-state index contributed by atoms with van der Waals surface area (Å²) in [5.41, 5.74) is 2.72. The quantitative estimate of drug-likeness (QED) is 0.590. The molecule has 0 saturated heterocycles. The van der Waals surface area contributed by atoms with Crippen LogP contribution in [0.2, 0.25) is 5.15 Å². The van der Waals surface area contributed by atoms with Crippen molar-refractivity contribution in [3.63, 3.8) is 0 Å². The van der Waals surface area contributed by atoms with Gasteiger partial charge in [0.2, 0.25) is 0 Å². The molecular weight excluding hydrogens is 365 g/mol. The van der Waals surface area contributed by atoms with Gasteiger partial charge in [-0.25, -0.2) is 9.97 Å². The molecule has 0 atom stereocenters. The maximum atomic E-state index is 6.20. The van der Waals surface area contributed by atoms with E-state index in [4.69, 9.17) is 16.1 Å². The van der Waals surface area contributed by atoms with Crippen LogP contribution >= 0.6 is 34.2 Å². The predicted octanol–water partition coefficient (Wildman–Crippen LogP) is 3.88. The van der Waals surface area contributed by atoms with Gasteiger partial charge in [0.25, 0.3) is 0 Å². The van der Waals surface area contributed by atoms with E-state index in [2.05, 4.69) is 37.7 Å². The Balaban J connectivity index is 2.18. The van der Waals surface area contributed by atoms with Gasteiger partial charge in [-0.1, -0.05) is 16.8 Å². The number of halogens is 2. The van der Waals surface area contributed by atoms with E-state index >= 15 is 0 Å². The van der Waals surface area contributed by atoms with Gasteiger partial charge in [-0.15, -0.1) is 0 Å². The molecule has 0 spiro atoms. The van der Waals surface area contributed by atoms with E-state index in [-0.39, 0.29) is 0 Å². The molecule has 1 saturated carbocycles. The van der Waals surface area contributed by atoms with Gasteiger partial charge in [-0.3, -0.25) is 0 Å². The van der Waals surface area contributed by atoms with Crippen LogP contribution in [0.15, 0.2) is 4.52 Å². The van der Waals surface area contributed by atoms with Gasteiger partial charge in [-0.05, 0) is 49.3 Å². The molecule has 0 N–H and O–H groups in total. The summed E-state index contributed by atoms with van der Waals surface area (Å²) in [5.74, 6) is 1.89. The molecular formula is C12H11ClIN3O. The fourth-order valence-electron chi connectivity index (χ4n) is 1.98. The minimum Gasteiger partial charge on any atom is -0.361 e. The highest BCUT2D eigenvalue weighted by Gasteiger charge is 2.30. The van der Waals surface area contributed by atoms with Gasteiger partial charge in [0.15, 0.2) is 5.82 Å². The Kier molecular flexibility index (Phi) is 3.05. The van der Waals surface area contributed by atoms with Crippen molar-refractivity contribution in [3.05, 3.63) is 25.9 Å². The summed E-state index contributed by atoms with van der Waals surface area (Å²) >= 11 is 8.42. The van der Waals surface area contributed by atoms with E-state index in [1.54, 1.807) is 0 Å². The zero-order chi connectivity index (χ0) is 12.9. The second-order valence-corrected chi connectivity index (χ2v) is 5.95. The lowest BCUT2D eigenvalue weighted by atomic mass is 10.2. The fraction of sp³-hybridized carbons (Fsp3) is 0.417. The lowest BCUT2D eigenvalue weighted by Gasteiger charge is -2.07. The molecule has 0 aliphatic heterocycles. The van der Waals surface area contributed by atoms with Crippen LogP contribution in [-0.2, 0) is 0 Å². The Labute approximate surface area is 123 Å². The van der Waals surface area contributed by atoms with Gasteiger partial charge in [0.1, 0.15) is 10.9 Å². The van der Waals surface area contributed by atoms with Crippen molar-refractivity contribution in [2.24, 2.45) is 0 Å². The first-order chi connectivity index (χ1) is 8.58. The van der Waals surface area contributed by atoms with Crippen molar-refractivity contribution in [2.75, 3.05) is 0 Å². The molecule has 2 aromatic heterocycles. The second-order valence-electron chi connectivity index (χ2n) is 4.51. The highest BCUT2D eigenvalue weighted by Crippen LogP contribution is 2.43. The van der Waals surface area contributed by atoms with Crippen LogP contribution in [0.3, 0.4) is 0 Å². The summed E-state index contributed by atoms with van der Waals surface area (Å²) in [7, 11) is 0. The van der Waals surface area contributed by atoms with E-state index in [1.807, 2.05) is 13.8 Å². The van der Waals surface area contributed by atoms with E-state index in [1.165, 1.54) is 12.8 Å². The third-order valence-corrected chi connectivity index (χ3v) is 4.71. The normalized spacial score (nSPS) is 15.1. The van der Waals surface area contributed by atoms with E-state index < -0.39 is 0 Å². The van der Waals surface area contributed by atoms with Crippen LogP contribution in [0.4, 0.5) is 0 Å². The first-order valence-corrected chi connectivity index (χ1v) is 7.19. The zero-order valence-electron chi connectivity index (χ0n) is 10.00. The Morgan fingerprint density at radius 1 is 1.28 bits per heavy atom. The van der Waals surface area contributed by atoms with Crippen LogP contribution in [0.25, 0.3) is 11.4 Å². The van der Waals surface area contributed by atoms with Crippen LogP contribution in [0.1, 0.15) is 35.9 Å². The van der Waals surface area contributed by atoms with Crippen LogP contribution in [0, 0.1) is 17.4 Å². The van der Waals surface area contributed by atoms with Gasteiger partial charge in [0.05, 0.1) is 20.5 Å². The van der Waals surface area contributed by atoms with Gasteiger partial charge in [0, 0.05) is 5.92 Å². The molecule has 6 heteroatoms. The van der Waals surface area contributed by atoms with Crippen molar-refractivity contribution in [1.82, 2.24) is 15.1 Å². The molecule has 0 aromatic carbocycles. The molecule has 1 aliphatic rings. The van der Waals surface area contributed by atoms with Crippen molar-refractivity contribution < 1.29 is 4.52 Å². The summed E-state index contributed by atoms with van der Waals surface area (Å²) in [6.45, 7) is 3.75. The predicted molar refractivity (Wildman–Crippen MR) is 76.7 cm³/mol. The summed E-state index contributed by atoms with van der Waals surface area (Å²) < 4.78 is 6.13. The highest BCUT2D eigenvalue weighted by atomic mass is 127. The molecule has 2 heterocycles. The third kappa shape index (κ3) is 2.03. The molecule has 0 amide bonds. The summed E-state index contributed by atoms with van der Waals surface area (Å²) in [5, 5.41) is 4.45. The second kappa shape index (κ2) is 4.45. The first kappa shape index (κ1) is 12.3. The topological polar surface area (TPSA) is 51.8 Å². The third-order valence-electron chi connectivity index (χ3n) is 3.06. The van der Waals surface area contributed by atoms with Crippen LogP contribution in [0.5, 0.6) is 0 Å². The highest BCUT2D eigenvalue weighted by molar-refractivity contribution is 14.1. The number of hydrogen-bond donors (Lipinski definition) is 0. The molecule has 4 nitrogen and oxygen atoms in total. The van der Waals surface area contributed by atoms with Crippen molar-refractivity contribution in [2.45, 2.75) is 32.6 Å². The largest absolute Gasteiger partial charge is 0.361 e. The fourth-order valence-corrected chi connectivity index (χ4v) is 2.84. The van der Waals surface area contributed by atoms with E-state index in [0.29, 0.717) is 16.9 Å². The molecule has 0 radical (unpaired) electrons. The molecule has 0 unspecified atom stereocenters. The van der Waals surface area contributed by atoms with E-state index in [0.717, 1.165) is 26.3 Å². The molecule has 0 bridgehead atoms.